The lowest BCUT2D eigenvalue weighted by molar-refractivity contribution is -0.119. The second-order valence-electron chi connectivity index (χ2n) is 7.32. The molecule has 0 bridgehead atoms. The van der Waals surface area contributed by atoms with Crippen molar-refractivity contribution in [3.05, 3.63) is 46.1 Å². The molecule has 1 aromatic carbocycles. The molecule has 4 rings (SSSR count). The highest BCUT2D eigenvalue weighted by Gasteiger charge is 2.23. The van der Waals surface area contributed by atoms with Gasteiger partial charge in [0.25, 0.3) is 5.91 Å². The summed E-state index contributed by atoms with van der Waals surface area (Å²) in [6.07, 6.45) is 6.82. The number of nitrogens with zero attached hydrogens (tertiary/aromatic N) is 3. The van der Waals surface area contributed by atoms with Gasteiger partial charge in [0.15, 0.2) is 6.61 Å². The molecule has 0 saturated heterocycles. The Morgan fingerprint density at radius 1 is 1.10 bits per heavy atom. The summed E-state index contributed by atoms with van der Waals surface area (Å²) in [6, 6.07) is 7.62. The molecule has 0 aliphatic heterocycles. The first kappa shape index (κ1) is 20.4. The number of rotatable bonds is 5. The van der Waals surface area contributed by atoms with Gasteiger partial charge in [-0.1, -0.05) is 49.3 Å². The van der Waals surface area contributed by atoms with E-state index in [-0.39, 0.29) is 6.61 Å². The van der Waals surface area contributed by atoms with Gasteiger partial charge in [0.2, 0.25) is 5.13 Å². The van der Waals surface area contributed by atoms with Crippen LogP contribution in [0, 0.1) is 0 Å². The van der Waals surface area contributed by atoms with Crippen LogP contribution in [-0.4, -0.2) is 33.7 Å². The molecule has 3 aromatic rings. The fourth-order valence-electron chi connectivity index (χ4n) is 3.76. The van der Waals surface area contributed by atoms with Crippen LogP contribution in [-0.2, 0) is 28.8 Å². The van der Waals surface area contributed by atoms with Gasteiger partial charge in [-0.2, -0.15) is 0 Å². The van der Waals surface area contributed by atoms with E-state index in [4.69, 9.17) is 9.72 Å². The number of nitrogens with one attached hydrogen (secondary N) is 1. The fourth-order valence-corrected chi connectivity index (χ4v) is 4.46. The number of amides is 1. The molecule has 0 atom stereocenters. The van der Waals surface area contributed by atoms with Gasteiger partial charge < -0.3 is 4.74 Å². The molecule has 156 valence electrons. The number of aryl methyl sites for hydroxylation is 2. The van der Waals surface area contributed by atoms with E-state index >= 15 is 0 Å². The number of carbonyl (C=O) groups is 2. The van der Waals surface area contributed by atoms with Gasteiger partial charge in [-0.15, -0.1) is 10.2 Å². The van der Waals surface area contributed by atoms with Crippen molar-refractivity contribution >= 4 is 39.2 Å². The number of aromatic nitrogens is 3. The van der Waals surface area contributed by atoms with Gasteiger partial charge >= 0.3 is 5.97 Å². The second-order valence-corrected chi connectivity index (χ2v) is 8.38. The van der Waals surface area contributed by atoms with Crippen molar-refractivity contribution in [2.75, 3.05) is 11.9 Å². The number of hydrogen-bond acceptors (Lipinski definition) is 7. The summed E-state index contributed by atoms with van der Waals surface area (Å²) in [4.78, 5) is 30.1. The zero-order valence-corrected chi connectivity index (χ0v) is 17.8. The first-order valence-corrected chi connectivity index (χ1v) is 11.2. The van der Waals surface area contributed by atoms with Gasteiger partial charge in [-0.25, -0.2) is 4.79 Å². The zero-order chi connectivity index (χ0) is 20.9. The van der Waals surface area contributed by atoms with E-state index in [2.05, 4.69) is 15.5 Å². The molecule has 1 aliphatic rings. The Labute approximate surface area is 178 Å². The van der Waals surface area contributed by atoms with Crippen LogP contribution in [0.4, 0.5) is 5.13 Å². The van der Waals surface area contributed by atoms with E-state index in [0.29, 0.717) is 10.7 Å². The Hall–Kier alpha value is -2.87. The number of esters is 1. The van der Waals surface area contributed by atoms with Crippen LogP contribution in [0.15, 0.2) is 24.3 Å². The van der Waals surface area contributed by atoms with Crippen molar-refractivity contribution in [3.8, 4) is 0 Å². The van der Waals surface area contributed by atoms with Crippen molar-refractivity contribution in [3.63, 3.8) is 0 Å². The van der Waals surface area contributed by atoms with Gasteiger partial charge in [-0.05, 0) is 43.7 Å². The molecule has 8 heteroatoms. The van der Waals surface area contributed by atoms with Crippen LogP contribution in [0.1, 0.15) is 59.2 Å². The molecule has 2 aromatic heterocycles. The van der Waals surface area contributed by atoms with Crippen LogP contribution in [0.25, 0.3) is 10.9 Å². The van der Waals surface area contributed by atoms with E-state index in [0.717, 1.165) is 65.7 Å². The Morgan fingerprint density at radius 2 is 1.90 bits per heavy atom. The number of benzene rings is 1. The number of ether oxygens (including phenoxy) is 1. The first-order valence-electron chi connectivity index (χ1n) is 10.4. The molecule has 1 aliphatic carbocycles. The summed E-state index contributed by atoms with van der Waals surface area (Å²) in [5.41, 5.74) is 3.28. The Balaban J connectivity index is 1.55. The lowest BCUT2D eigenvalue weighted by atomic mass is 9.91. The topological polar surface area (TPSA) is 94.1 Å². The molecule has 7 nitrogen and oxygen atoms in total. The number of carbonyl (C=O) groups excluding carboxylic acids is 2. The van der Waals surface area contributed by atoms with Crippen LogP contribution >= 0.6 is 11.3 Å². The minimum Gasteiger partial charge on any atom is -0.452 e. The standard InChI is InChI=1S/C22H24N4O3S/c1-2-19-25-26-22(30-19)24-18(27)13-29-21(28)20-14-9-5-3-4-6-11-16(14)23-17-12-8-7-10-15(17)20/h7-8,10,12H,2-6,9,11,13H2,1H3,(H,24,26,27). The Morgan fingerprint density at radius 3 is 2.70 bits per heavy atom. The van der Waals surface area contributed by atoms with Crippen molar-refractivity contribution in [1.82, 2.24) is 15.2 Å². The minimum atomic E-state index is -0.480. The number of pyridine rings is 1. The third-order valence-corrected chi connectivity index (χ3v) is 6.21. The van der Waals surface area contributed by atoms with Crippen LogP contribution in [0.2, 0.25) is 0 Å². The summed E-state index contributed by atoms with van der Waals surface area (Å²) >= 11 is 1.31. The number of hydrogen-bond donors (Lipinski definition) is 1. The fraction of sp³-hybridized carbons (Fsp3) is 0.409. The lowest BCUT2D eigenvalue weighted by Gasteiger charge is -2.18. The molecule has 2 heterocycles. The average Bonchev–Trinajstić information content (AvgIpc) is 3.19. The first-order chi connectivity index (χ1) is 14.7. The number of anilines is 1. The van der Waals surface area contributed by atoms with Crippen LogP contribution < -0.4 is 5.32 Å². The van der Waals surface area contributed by atoms with Gasteiger partial charge in [0.05, 0.1) is 11.1 Å². The average molecular weight is 425 g/mol. The molecule has 0 fully saturated rings. The largest absolute Gasteiger partial charge is 0.452 e. The molecule has 30 heavy (non-hydrogen) atoms. The maximum Gasteiger partial charge on any atom is 0.339 e. The maximum absolute atomic E-state index is 13.1. The normalized spacial score (nSPS) is 13.9. The summed E-state index contributed by atoms with van der Waals surface area (Å²) in [7, 11) is 0. The van der Waals surface area contributed by atoms with E-state index in [9.17, 15) is 9.59 Å². The van der Waals surface area contributed by atoms with Gasteiger partial charge in [0, 0.05) is 11.1 Å². The quantitative estimate of drug-likeness (QED) is 0.620. The summed E-state index contributed by atoms with van der Waals surface area (Å²) in [5.74, 6) is -0.907. The Kier molecular flexibility index (Phi) is 6.32. The van der Waals surface area contributed by atoms with E-state index < -0.39 is 11.9 Å². The molecule has 0 radical (unpaired) electrons. The van der Waals surface area contributed by atoms with Crippen LogP contribution in [0.3, 0.4) is 0 Å². The molecule has 1 N–H and O–H groups in total. The van der Waals surface area contributed by atoms with E-state index in [1.54, 1.807) is 0 Å². The van der Waals surface area contributed by atoms with E-state index in [1.807, 2.05) is 31.2 Å². The SMILES string of the molecule is CCc1nnc(NC(=O)COC(=O)c2c3c(nc4ccccc24)CCCCCC3)s1. The minimum absolute atomic E-state index is 0.370. The molecule has 0 saturated carbocycles. The third-order valence-electron chi connectivity index (χ3n) is 5.22. The molecular formula is C22H24N4O3S. The van der Waals surface area contributed by atoms with Crippen molar-refractivity contribution in [2.45, 2.75) is 51.9 Å². The smallest absolute Gasteiger partial charge is 0.339 e. The van der Waals surface area contributed by atoms with Crippen molar-refractivity contribution < 1.29 is 14.3 Å². The Bertz CT molecular complexity index is 1080. The highest BCUT2D eigenvalue weighted by molar-refractivity contribution is 7.15. The second kappa shape index (κ2) is 9.30. The summed E-state index contributed by atoms with van der Waals surface area (Å²) in [5, 5.41) is 12.5. The van der Waals surface area contributed by atoms with Crippen molar-refractivity contribution in [2.24, 2.45) is 0 Å². The van der Waals surface area contributed by atoms with Gasteiger partial charge in [0.1, 0.15) is 5.01 Å². The predicted octanol–water partition coefficient (Wildman–Crippen LogP) is 4.10. The zero-order valence-electron chi connectivity index (χ0n) is 16.9. The van der Waals surface area contributed by atoms with E-state index in [1.165, 1.54) is 17.8 Å². The molecular weight excluding hydrogens is 400 g/mol. The van der Waals surface area contributed by atoms with Crippen molar-refractivity contribution in [1.29, 1.82) is 0 Å². The molecule has 0 spiro atoms. The lowest BCUT2D eigenvalue weighted by Crippen LogP contribution is -2.22. The number of para-hydroxylation sites is 1. The third kappa shape index (κ3) is 4.48. The van der Waals surface area contributed by atoms with Gasteiger partial charge in [-0.3, -0.25) is 15.1 Å². The maximum atomic E-state index is 13.1. The molecule has 1 amide bonds. The summed E-state index contributed by atoms with van der Waals surface area (Å²) in [6.45, 7) is 1.60. The number of fused-ring (bicyclic) bond motifs is 2. The highest BCUT2D eigenvalue weighted by atomic mass is 32.1. The highest BCUT2D eigenvalue weighted by Crippen LogP contribution is 2.29. The predicted molar refractivity (Wildman–Crippen MR) is 116 cm³/mol. The molecule has 0 unspecified atom stereocenters. The monoisotopic (exact) mass is 424 g/mol. The summed E-state index contributed by atoms with van der Waals surface area (Å²) < 4.78 is 5.42. The van der Waals surface area contributed by atoms with Crippen LogP contribution in [0.5, 0.6) is 0 Å².